The second-order valence-corrected chi connectivity index (χ2v) is 5.84. The van der Waals surface area contributed by atoms with E-state index in [2.05, 4.69) is 50.9 Å². The minimum atomic E-state index is -1.25. The van der Waals surface area contributed by atoms with Gasteiger partial charge in [-0.05, 0) is 42.5 Å². The first-order chi connectivity index (χ1) is 12.8. The molecule has 2 rings (SSSR count). The van der Waals surface area contributed by atoms with Gasteiger partial charge < -0.3 is 10.2 Å². The Hall–Kier alpha value is -3.40. The van der Waals surface area contributed by atoms with Gasteiger partial charge in [0.25, 0.3) is 0 Å². The van der Waals surface area contributed by atoms with Gasteiger partial charge in [0, 0.05) is 0 Å². The first kappa shape index (κ1) is 21.6. The average Bonchev–Trinajstić information content (AvgIpc) is 2.64. The minimum absolute atomic E-state index is 0.165. The molecule has 0 unspecified atom stereocenters. The fourth-order valence-electron chi connectivity index (χ4n) is 2.54. The molecule has 0 radical (unpaired) electrons. The fourth-order valence-corrected chi connectivity index (χ4v) is 2.54. The van der Waals surface area contributed by atoms with E-state index in [4.69, 9.17) is 5.11 Å². The molecule has 0 aromatic heterocycles. The molecule has 0 aliphatic carbocycles. The van der Waals surface area contributed by atoms with Crippen molar-refractivity contribution in [3.8, 4) is 0 Å². The van der Waals surface area contributed by atoms with Gasteiger partial charge in [-0.15, -0.1) is 13.2 Å². The van der Waals surface area contributed by atoms with Gasteiger partial charge in [-0.3, -0.25) is 0 Å². The van der Waals surface area contributed by atoms with Gasteiger partial charge in [0.2, 0.25) is 0 Å². The lowest BCUT2D eigenvalue weighted by Gasteiger charge is -2.12. The third-order valence-electron chi connectivity index (χ3n) is 3.88. The third kappa shape index (κ3) is 6.12. The molecule has 2 aromatic carbocycles. The lowest BCUT2D eigenvalue weighted by Crippen LogP contribution is -2.13. The van der Waals surface area contributed by atoms with Crippen LogP contribution < -0.4 is 0 Å². The summed E-state index contributed by atoms with van der Waals surface area (Å²) in [7, 11) is 0. The SMILES string of the molecule is C=CCc1ccc(C(=O)O)c(C(=O)O)c1CC=C.C=Cc1ccc(C)cc1. The van der Waals surface area contributed by atoms with Crippen LogP contribution in [0.5, 0.6) is 0 Å². The highest BCUT2D eigenvalue weighted by Crippen LogP contribution is 2.22. The van der Waals surface area contributed by atoms with E-state index in [0.717, 1.165) is 5.56 Å². The van der Waals surface area contributed by atoms with Gasteiger partial charge in [-0.1, -0.05) is 60.7 Å². The summed E-state index contributed by atoms with van der Waals surface area (Å²) in [6.07, 6.45) is 5.85. The van der Waals surface area contributed by atoms with Gasteiger partial charge >= 0.3 is 11.9 Å². The predicted molar refractivity (Wildman–Crippen MR) is 109 cm³/mol. The zero-order valence-electron chi connectivity index (χ0n) is 15.4. The van der Waals surface area contributed by atoms with Crippen molar-refractivity contribution >= 4 is 18.0 Å². The Bertz CT molecular complexity index is 845. The topological polar surface area (TPSA) is 74.6 Å². The molecule has 0 heterocycles. The van der Waals surface area contributed by atoms with Crippen LogP contribution in [0.2, 0.25) is 0 Å². The van der Waals surface area contributed by atoms with Crippen LogP contribution in [0, 0.1) is 6.92 Å². The Labute approximate surface area is 159 Å². The molecule has 27 heavy (non-hydrogen) atoms. The number of allylic oxidation sites excluding steroid dienone is 2. The number of carboxylic acid groups (broad SMARTS) is 2. The molecule has 0 bridgehead atoms. The number of aromatic carboxylic acids is 2. The number of aryl methyl sites for hydroxylation is 1. The van der Waals surface area contributed by atoms with E-state index in [1.54, 1.807) is 18.2 Å². The van der Waals surface area contributed by atoms with Gasteiger partial charge in [0.05, 0.1) is 11.1 Å². The summed E-state index contributed by atoms with van der Waals surface area (Å²) in [6.45, 7) is 12.9. The molecule has 4 heteroatoms. The molecule has 0 atom stereocenters. The average molecular weight is 364 g/mol. The normalized spacial score (nSPS) is 9.52. The maximum atomic E-state index is 11.3. The van der Waals surface area contributed by atoms with E-state index in [9.17, 15) is 14.7 Å². The summed E-state index contributed by atoms with van der Waals surface area (Å²) < 4.78 is 0. The van der Waals surface area contributed by atoms with Crippen molar-refractivity contribution in [1.82, 2.24) is 0 Å². The Morgan fingerprint density at radius 3 is 1.93 bits per heavy atom. The van der Waals surface area contributed by atoms with Gasteiger partial charge in [-0.2, -0.15) is 0 Å². The van der Waals surface area contributed by atoms with Crippen LogP contribution in [0.25, 0.3) is 6.08 Å². The van der Waals surface area contributed by atoms with Crippen LogP contribution in [0.15, 0.2) is 68.3 Å². The standard InChI is InChI=1S/C14H14O4.C9H10/c1-3-5-9-7-8-11(13(15)16)12(14(17)18)10(9)6-4-2;1-3-9-6-4-8(2)5-7-9/h3-4,7-8H,1-2,5-6H2,(H,15,16)(H,17,18);3-7H,1H2,2H3. The van der Waals surface area contributed by atoms with Crippen LogP contribution in [-0.4, -0.2) is 22.2 Å². The third-order valence-corrected chi connectivity index (χ3v) is 3.88. The number of hydrogen-bond acceptors (Lipinski definition) is 2. The lowest BCUT2D eigenvalue weighted by molar-refractivity contribution is 0.0650. The van der Waals surface area contributed by atoms with Crippen molar-refractivity contribution in [3.63, 3.8) is 0 Å². The monoisotopic (exact) mass is 364 g/mol. The molecular formula is C23H24O4. The van der Waals surface area contributed by atoms with Crippen molar-refractivity contribution in [2.45, 2.75) is 19.8 Å². The second kappa shape index (κ2) is 10.6. The summed E-state index contributed by atoms with van der Waals surface area (Å²) in [5.41, 5.74) is 3.35. The number of hydrogen-bond donors (Lipinski definition) is 2. The van der Waals surface area contributed by atoms with E-state index in [1.165, 1.54) is 17.2 Å². The highest BCUT2D eigenvalue weighted by Gasteiger charge is 2.21. The van der Waals surface area contributed by atoms with Crippen LogP contribution >= 0.6 is 0 Å². The minimum Gasteiger partial charge on any atom is -0.478 e. The van der Waals surface area contributed by atoms with Crippen LogP contribution in [-0.2, 0) is 12.8 Å². The second-order valence-electron chi connectivity index (χ2n) is 5.84. The summed E-state index contributed by atoms with van der Waals surface area (Å²) in [4.78, 5) is 22.3. The highest BCUT2D eigenvalue weighted by molar-refractivity contribution is 6.03. The van der Waals surface area contributed by atoms with Crippen molar-refractivity contribution in [2.75, 3.05) is 0 Å². The van der Waals surface area contributed by atoms with Crippen LogP contribution in [0.1, 0.15) is 43.0 Å². The molecule has 140 valence electrons. The van der Waals surface area contributed by atoms with Crippen molar-refractivity contribution in [2.24, 2.45) is 0 Å². The molecule has 0 fully saturated rings. The maximum Gasteiger partial charge on any atom is 0.336 e. The van der Waals surface area contributed by atoms with Crippen LogP contribution in [0.4, 0.5) is 0 Å². The van der Waals surface area contributed by atoms with Crippen molar-refractivity contribution < 1.29 is 19.8 Å². The molecular weight excluding hydrogens is 340 g/mol. The zero-order chi connectivity index (χ0) is 20.4. The molecule has 0 aliphatic heterocycles. The predicted octanol–water partition coefficient (Wildman–Crippen LogP) is 5.18. The van der Waals surface area contributed by atoms with Gasteiger partial charge in [0.1, 0.15) is 0 Å². The Balaban J connectivity index is 0.000000337. The Morgan fingerprint density at radius 1 is 0.889 bits per heavy atom. The maximum absolute atomic E-state index is 11.3. The molecule has 0 amide bonds. The largest absolute Gasteiger partial charge is 0.478 e. The lowest BCUT2D eigenvalue weighted by atomic mass is 9.92. The molecule has 0 saturated heterocycles. The van der Waals surface area contributed by atoms with Gasteiger partial charge in [0.15, 0.2) is 0 Å². The fraction of sp³-hybridized carbons (Fsp3) is 0.130. The van der Waals surface area contributed by atoms with E-state index in [1.807, 2.05) is 6.08 Å². The first-order valence-corrected chi connectivity index (χ1v) is 8.37. The van der Waals surface area contributed by atoms with Gasteiger partial charge in [-0.25, -0.2) is 9.59 Å². The first-order valence-electron chi connectivity index (χ1n) is 8.37. The molecule has 2 aromatic rings. The van der Waals surface area contributed by atoms with Crippen molar-refractivity contribution in [1.29, 1.82) is 0 Å². The Morgan fingerprint density at radius 2 is 1.48 bits per heavy atom. The summed E-state index contributed by atoms with van der Waals surface area (Å²) in [5.74, 6) is -2.49. The highest BCUT2D eigenvalue weighted by atomic mass is 16.4. The molecule has 0 saturated carbocycles. The molecule has 4 nitrogen and oxygen atoms in total. The van der Waals surface area contributed by atoms with E-state index in [0.29, 0.717) is 18.4 Å². The Kier molecular flexibility index (Phi) is 8.46. The number of rotatable bonds is 7. The number of carbonyl (C=O) groups is 2. The molecule has 0 aliphatic rings. The van der Waals surface area contributed by atoms with Crippen molar-refractivity contribution in [3.05, 3.63) is 102 Å². The smallest absolute Gasteiger partial charge is 0.336 e. The zero-order valence-corrected chi connectivity index (χ0v) is 15.4. The summed E-state index contributed by atoms with van der Waals surface area (Å²) in [6, 6.07) is 11.2. The number of benzene rings is 2. The van der Waals surface area contributed by atoms with E-state index >= 15 is 0 Å². The molecule has 0 spiro atoms. The summed E-state index contributed by atoms with van der Waals surface area (Å²) in [5, 5.41) is 18.2. The summed E-state index contributed by atoms with van der Waals surface area (Å²) >= 11 is 0. The quantitative estimate of drug-likeness (QED) is 0.664. The van der Waals surface area contributed by atoms with E-state index < -0.39 is 11.9 Å². The van der Waals surface area contributed by atoms with Crippen LogP contribution in [0.3, 0.4) is 0 Å². The van der Waals surface area contributed by atoms with E-state index in [-0.39, 0.29) is 11.1 Å². The molecule has 2 N–H and O–H groups in total. The number of carboxylic acids is 2.